The van der Waals surface area contributed by atoms with E-state index in [1.807, 2.05) is 62.4 Å². The number of urea groups is 1. The van der Waals surface area contributed by atoms with Crippen LogP contribution in [0.1, 0.15) is 22.3 Å². The maximum Gasteiger partial charge on any atom is 0.323 e. The number of anilines is 2. The Morgan fingerprint density at radius 1 is 1.06 bits per heavy atom. The highest BCUT2D eigenvalue weighted by atomic mass is 32.2. The number of aryl methyl sites for hydroxylation is 2. The second kappa shape index (κ2) is 8.23. The lowest BCUT2D eigenvalue weighted by Gasteiger charge is -2.33. The molecule has 0 aromatic heterocycles. The molecular formula is C26H24FN3O2S. The normalized spacial score (nSPS) is 19.3. The molecule has 5 rings (SSSR count). The fourth-order valence-electron chi connectivity index (χ4n) is 4.65. The van der Waals surface area contributed by atoms with Crippen molar-refractivity contribution in [1.29, 1.82) is 0 Å². The van der Waals surface area contributed by atoms with E-state index in [4.69, 9.17) is 0 Å². The molecule has 0 saturated carbocycles. The van der Waals surface area contributed by atoms with E-state index in [2.05, 4.69) is 5.32 Å². The van der Waals surface area contributed by atoms with Gasteiger partial charge in [-0.15, -0.1) is 11.8 Å². The third-order valence-corrected chi connectivity index (χ3v) is 7.51. The molecule has 3 aromatic rings. The molecule has 168 valence electrons. The average molecular weight is 462 g/mol. The van der Waals surface area contributed by atoms with Gasteiger partial charge in [-0.3, -0.25) is 9.69 Å². The average Bonchev–Trinajstić information content (AvgIpc) is 3.31. The van der Waals surface area contributed by atoms with Crippen LogP contribution in [-0.4, -0.2) is 29.1 Å². The molecular weight excluding hydrogens is 437 g/mol. The summed E-state index contributed by atoms with van der Waals surface area (Å²) in [6.45, 7) is 4.70. The molecule has 1 fully saturated rings. The zero-order chi connectivity index (χ0) is 23.2. The summed E-state index contributed by atoms with van der Waals surface area (Å²) in [5.41, 5.74) is 4.94. The Kier molecular flexibility index (Phi) is 5.37. The molecule has 5 nitrogen and oxygen atoms in total. The number of amides is 3. The van der Waals surface area contributed by atoms with E-state index in [-0.39, 0.29) is 11.9 Å². The zero-order valence-electron chi connectivity index (χ0n) is 18.5. The lowest BCUT2D eigenvalue weighted by Crippen LogP contribution is -2.51. The van der Waals surface area contributed by atoms with E-state index in [0.29, 0.717) is 35.8 Å². The molecule has 0 unspecified atom stereocenters. The second-order valence-electron chi connectivity index (χ2n) is 8.49. The summed E-state index contributed by atoms with van der Waals surface area (Å²) in [6, 6.07) is 19.5. The molecule has 33 heavy (non-hydrogen) atoms. The van der Waals surface area contributed by atoms with Gasteiger partial charge in [-0.05, 0) is 55.3 Å². The van der Waals surface area contributed by atoms with E-state index in [1.165, 1.54) is 23.9 Å². The van der Waals surface area contributed by atoms with Gasteiger partial charge in [0.05, 0.1) is 12.2 Å². The summed E-state index contributed by atoms with van der Waals surface area (Å²) in [7, 11) is 0. The highest BCUT2D eigenvalue weighted by molar-refractivity contribution is 8.01. The van der Waals surface area contributed by atoms with Crippen LogP contribution in [0.25, 0.3) is 0 Å². The van der Waals surface area contributed by atoms with E-state index in [9.17, 15) is 14.0 Å². The molecule has 3 aromatic carbocycles. The van der Waals surface area contributed by atoms with Gasteiger partial charge in [-0.25, -0.2) is 9.18 Å². The Morgan fingerprint density at radius 2 is 1.82 bits per heavy atom. The van der Waals surface area contributed by atoms with Crippen LogP contribution in [-0.2, 0) is 16.2 Å². The monoisotopic (exact) mass is 461 g/mol. The third kappa shape index (κ3) is 3.66. The molecule has 1 spiro atoms. The number of carbonyl (C=O) groups is 2. The van der Waals surface area contributed by atoms with Crippen LogP contribution in [0.4, 0.5) is 20.6 Å². The molecule has 2 heterocycles. The summed E-state index contributed by atoms with van der Waals surface area (Å²) in [4.78, 5) is 29.3. The second-order valence-corrected chi connectivity index (χ2v) is 9.77. The van der Waals surface area contributed by atoms with Gasteiger partial charge in [-0.2, -0.15) is 0 Å². The van der Waals surface area contributed by atoms with Crippen molar-refractivity contribution >= 4 is 35.1 Å². The number of halogens is 1. The number of rotatable bonds is 3. The number of thioether (sulfide) groups is 1. The molecule has 1 saturated heterocycles. The Hall–Kier alpha value is -3.32. The van der Waals surface area contributed by atoms with Gasteiger partial charge >= 0.3 is 6.03 Å². The van der Waals surface area contributed by atoms with Crippen molar-refractivity contribution in [1.82, 2.24) is 4.90 Å². The number of carbonyl (C=O) groups excluding carboxylic acids is 2. The van der Waals surface area contributed by atoms with Crippen molar-refractivity contribution in [3.63, 3.8) is 0 Å². The van der Waals surface area contributed by atoms with Gasteiger partial charge in [-0.1, -0.05) is 42.0 Å². The van der Waals surface area contributed by atoms with Crippen LogP contribution in [0.3, 0.4) is 0 Å². The van der Waals surface area contributed by atoms with Crippen molar-refractivity contribution in [2.75, 3.05) is 22.5 Å². The number of nitrogens with one attached hydrogen (secondary N) is 1. The van der Waals surface area contributed by atoms with Crippen LogP contribution < -0.4 is 10.2 Å². The molecule has 0 bridgehead atoms. The number of nitrogens with zero attached hydrogens (tertiary/aromatic N) is 2. The third-order valence-electron chi connectivity index (χ3n) is 6.09. The topological polar surface area (TPSA) is 52.7 Å². The quantitative estimate of drug-likeness (QED) is 0.566. The predicted molar refractivity (Wildman–Crippen MR) is 130 cm³/mol. The number of fused-ring (bicyclic) bond motifs is 2. The van der Waals surface area contributed by atoms with Crippen LogP contribution in [0.15, 0.2) is 66.7 Å². The highest BCUT2D eigenvalue weighted by Gasteiger charge is 2.59. The molecule has 1 N–H and O–H groups in total. The van der Waals surface area contributed by atoms with Crippen molar-refractivity contribution in [3.05, 3.63) is 94.8 Å². The Balaban J connectivity index is 1.54. The summed E-state index contributed by atoms with van der Waals surface area (Å²) < 4.78 is 14.4. The first-order valence-corrected chi connectivity index (χ1v) is 11.8. The SMILES string of the molecule is Cc1cccc(CN2C(=O)[C@]3(SCCN3C(=O)Nc3cccc(C)c3)c3cc(F)ccc32)c1. The Bertz CT molecular complexity index is 1260. The van der Waals surface area contributed by atoms with Gasteiger partial charge in [0, 0.05) is 23.5 Å². The minimum absolute atomic E-state index is 0.216. The van der Waals surface area contributed by atoms with Crippen molar-refractivity contribution in [3.8, 4) is 0 Å². The van der Waals surface area contributed by atoms with Crippen LogP contribution in [0, 0.1) is 19.7 Å². The lowest BCUT2D eigenvalue weighted by molar-refractivity contribution is -0.123. The van der Waals surface area contributed by atoms with Crippen molar-refractivity contribution < 1.29 is 14.0 Å². The predicted octanol–water partition coefficient (Wildman–Crippen LogP) is 5.42. The largest absolute Gasteiger partial charge is 0.323 e. The Labute approximate surface area is 196 Å². The van der Waals surface area contributed by atoms with Gasteiger partial charge in [0.1, 0.15) is 5.82 Å². The first-order valence-electron chi connectivity index (χ1n) is 10.9. The molecule has 2 aliphatic rings. The smallest absolute Gasteiger partial charge is 0.308 e. The fraction of sp³-hybridized carbons (Fsp3) is 0.231. The first kappa shape index (κ1) is 21.5. The Morgan fingerprint density at radius 3 is 2.58 bits per heavy atom. The van der Waals surface area contributed by atoms with Gasteiger partial charge in [0.25, 0.3) is 5.91 Å². The number of hydrogen-bond donors (Lipinski definition) is 1. The van der Waals surface area contributed by atoms with E-state index in [1.54, 1.807) is 15.9 Å². The minimum Gasteiger partial charge on any atom is -0.308 e. The van der Waals surface area contributed by atoms with Crippen LogP contribution >= 0.6 is 11.8 Å². The first-order chi connectivity index (χ1) is 15.9. The summed E-state index contributed by atoms with van der Waals surface area (Å²) in [6.07, 6.45) is 0. The summed E-state index contributed by atoms with van der Waals surface area (Å²) in [5, 5.41) is 2.92. The van der Waals surface area contributed by atoms with E-state index < -0.39 is 10.7 Å². The lowest BCUT2D eigenvalue weighted by atomic mass is 10.1. The fourth-order valence-corrected chi connectivity index (χ4v) is 6.10. The molecule has 0 aliphatic carbocycles. The number of hydrogen-bond acceptors (Lipinski definition) is 3. The molecule has 2 aliphatic heterocycles. The maximum atomic E-state index is 14.4. The van der Waals surface area contributed by atoms with Crippen LogP contribution in [0.2, 0.25) is 0 Å². The van der Waals surface area contributed by atoms with E-state index >= 15 is 0 Å². The van der Waals surface area contributed by atoms with Gasteiger partial charge < -0.3 is 10.2 Å². The minimum atomic E-state index is -1.28. The molecule has 7 heteroatoms. The standard InChI is InChI=1S/C26H24FN3O2S/c1-17-5-3-7-19(13-17)16-29-23-10-9-20(27)15-22(23)26(24(29)31)30(11-12-33-26)25(32)28-21-8-4-6-18(2)14-21/h3-10,13-15H,11-12,16H2,1-2H3,(H,28,32)/t26-/m1/s1. The summed E-state index contributed by atoms with van der Waals surface area (Å²) in [5.74, 6) is -0.0577. The van der Waals surface area contributed by atoms with Gasteiger partial charge in [0.15, 0.2) is 4.87 Å². The zero-order valence-corrected chi connectivity index (χ0v) is 19.3. The van der Waals surface area contributed by atoms with Crippen molar-refractivity contribution in [2.45, 2.75) is 25.3 Å². The van der Waals surface area contributed by atoms with Gasteiger partial charge in [0.2, 0.25) is 0 Å². The number of benzene rings is 3. The maximum absolute atomic E-state index is 14.4. The summed E-state index contributed by atoms with van der Waals surface area (Å²) >= 11 is 1.39. The molecule has 1 atom stereocenters. The highest BCUT2D eigenvalue weighted by Crippen LogP contribution is 2.54. The molecule has 3 amide bonds. The van der Waals surface area contributed by atoms with E-state index in [0.717, 1.165) is 16.7 Å². The molecule has 0 radical (unpaired) electrons. The van der Waals surface area contributed by atoms with Crippen LogP contribution in [0.5, 0.6) is 0 Å². The van der Waals surface area contributed by atoms with Crippen molar-refractivity contribution in [2.24, 2.45) is 0 Å².